The van der Waals surface area contributed by atoms with Crippen LogP contribution in [0.15, 0.2) is 73.1 Å². The molecule has 2 aromatic heterocycles. The van der Waals surface area contributed by atoms with Crippen LogP contribution in [-0.4, -0.2) is 98.7 Å². The Hall–Kier alpha value is -5.73. The van der Waals surface area contributed by atoms with Crippen LogP contribution in [-0.2, 0) is 23.7 Å². The fourth-order valence-corrected chi connectivity index (χ4v) is 8.23. The molecule has 3 aromatic carbocycles. The van der Waals surface area contributed by atoms with Gasteiger partial charge in [-0.05, 0) is 79.1 Å². The number of rotatable bonds is 8. The molecule has 3 saturated heterocycles. The smallest absolute Gasteiger partial charge is 0.410 e. The number of ether oxygens (including phenoxy) is 4. The summed E-state index contributed by atoms with van der Waals surface area (Å²) >= 11 is 0. The Labute approximate surface area is 337 Å². The monoisotopic (exact) mass is 789 g/mol. The molecule has 0 bridgehead atoms. The van der Waals surface area contributed by atoms with Crippen molar-refractivity contribution in [1.82, 2.24) is 35.1 Å². The Bertz CT molecular complexity index is 2300. The minimum atomic E-state index is -0.923. The first-order valence-electron chi connectivity index (χ1n) is 20.0. The number of carbonyl (C=O) groups is 3. The van der Waals surface area contributed by atoms with Gasteiger partial charge >= 0.3 is 12.2 Å². The van der Waals surface area contributed by atoms with Crippen LogP contribution >= 0.6 is 0 Å². The standard InChI is InChI=1S/C44H51N7O7/c1-26(2)37(49-41(53)55-6)40(52)51-25-44(56-18-19-57-44)22-36(51)39-46-23-33(47-39)28-11-9-27(10-12-28)29-13-14-31-21-32(16-15-30(31)20-29)34-24-45-38(48-34)35-8-7-17-50(35)42(54)58-43(3,4)5/h9-16,20-21,23-24,26,35-37H,7-8,17-19,22,25H2,1-6H3,(H,45,48)(H,46,47)(H,49,53)/t35?,36-,37-/m0/s1. The zero-order chi connectivity index (χ0) is 40.8. The first-order valence-corrected chi connectivity index (χ1v) is 20.0. The van der Waals surface area contributed by atoms with E-state index < -0.39 is 29.6 Å². The van der Waals surface area contributed by atoms with Crippen LogP contribution in [0.1, 0.15) is 77.6 Å². The van der Waals surface area contributed by atoms with Gasteiger partial charge in [0, 0.05) is 18.5 Å². The molecule has 14 heteroatoms. The topological polar surface area (TPSA) is 164 Å². The summed E-state index contributed by atoms with van der Waals surface area (Å²) in [7, 11) is 1.28. The van der Waals surface area contributed by atoms with Crippen LogP contribution in [0.3, 0.4) is 0 Å². The Morgan fingerprint density at radius 1 is 0.828 bits per heavy atom. The van der Waals surface area contributed by atoms with Crippen LogP contribution in [0.4, 0.5) is 9.59 Å². The van der Waals surface area contributed by atoms with Crippen LogP contribution < -0.4 is 5.32 Å². The number of nitrogens with one attached hydrogen (secondary N) is 3. The number of hydrogen-bond acceptors (Lipinski definition) is 9. The zero-order valence-corrected chi connectivity index (χ0v) is 33.8. The van der Waals surface area contributed by atoms with E-state index in [1.807, 2.05) is 40.8 Å². The van der Waals surface area contributed by atoms with Crippen molar-refractivity contribution in [3.8, 4) is 33.6 Å². The van der Waals surface area contributed by atoms with E-state index in [4.69, 9.17) is 23.9 Å². The van der Waals surface area contributed by atoms with Gasteiger partial charge in [0.15, 0.2) is 5.79 Å². The Kier molecular flexibility index (Phi) is 10.5. The number of likely N-dealkylation sites (tertiary alicyclic amines) is 2. The Morgan fingerprint density at radius 3 is 2.05 bits per heavy atom. The predicted octanol–water partition coefficient (Wildman–Crippen LogP) is 7.76. The van der Waals surface area contributed by atoms with Crippen molar-refractivity contribution in [3.63, 3.8) is 0 Å². The molecule has 1 unspecified atom stereocenters. The van der Waals surface area contributed by atoms with Crippen molar-refractivity contribution in [3.05, 3.63) is 84.7 Å². The molecule has 1 spiro atoms. The lowest BCUT2D eigenvalue weighted by Gasteiger charge is -2.30. The summed E-state index contributed by atoms with van der Waals surface area (Å²) < 4.78 is 22.5. The molecule has 5 heterocycles. The number of fused-ring (bicyclic) bond motifs is 1. The second-order valence-corrected chi connectivity index (χ2v) is 16.7. The van der Waals surface area contributed by atoms with E-state index in [2.05, 4.69) is 80.9 Å². The number of aromatic nitrogens is 4. The van der Waals surface area contributed by atoms with Crippen LogP contribution in [0.5, 0.6) is 0 Å². The minimum absolute atomic E-state index is 0.142. The molecule has 304 valence electrons. The fraction of sp³-hybridized carbons (Fsp3) is 0.432. The van der Waals surface area contributed by atoms with Gasteiger partial charge in [-0.15, -0.1) is 0 Å². The molecule has 3 atom stereocenters. The predicted molar refractivity (Wildman–Crippen MR) is 217 cm³/mol. The molecule has 58 heavy (non-hydrogen) atoms. The molecule has 3 aliphatic rings. The summed E-state index contributed by atoms with van der Waals surface area (Å²) in [5.41, 5.74) is 5.29. The van der Waals surface area contributed by atoms with E-state index in [1.54, 1.807) is 16.0 Å². The van der Waals surface area contributed by atoms with Gasteiger partial charge in [0.25, 0.3) is 0 Å². The summed E-state index contributed by atoms with van der Waals surface area (Å²) in [5, 5.41) is 4.91. The normalized spacial score (nSPS) is 19.6. The number of aromatic amines is 2. The highest BCUT2D eigenvalue weighted by Crippen LogP contribution is 2.43. The SMILES string of the molecule is COC(=O)N[C@H](C(=O)N1CC2(C[C@H]1c1ncc(-c3ccc(-c4ccc5cc(-c6cnc(C7CCCN7C(=O)OC(C)(C)C)[nH]6)ccc5c4)cc3)[nH]1)OCCO2)C(C)C. The molecule has 3 N–H and O–H groups in total. The fourth-order valence-electron chi connectivity index (χ4n) is 8.23. The number of nitrogens with zero attached hydrogens (tertiary/aromatic N) is 4. The highest BCUT2D eigenvalue weighted by molar-refractivity contribution is 5.91. The first kappa shape index (κ1) is 39.1. The van der Waals surface area contributed by atoms with Gasteiger partial charge < -0.3 is 39.1 Å². The van der Waals surface area contributed by atoms with Gasteiger partial charge in [0.05, 0.1) is 62.7 Å². The molecule has 0 radical (unpaired) electrons. The second kappa shape index (κ2) is 15.6. The minimum Gasteiger partial charge on any atom is -0.453 e. The highest BCUT2D eigenvalue weighted by atomic mass is 16.7. The van der Waals surface area contributed by atoms with Crippen molar-refractivity contribution in [2.24, 2.45) is 5.92 Å². The van der Waals surface area contributed by atoms with Gasteiger partial charge in [-0.1, -0.05) is 62.4 Å². The summed E-state index contributed by atoms with van der Waals surface area (Å²) in [4.78, 5) is 58.8. The van der Waals surface area contributed by atoms with Crippen molar-refractivity contribution in [1.29, 1.82) is 0 Å². The average Bonchev–Trinajstić information content (AvgIpc) is 4.06. The number of alkyl carbamates (subject to hydrolysis) is 1. The third-order valence-corrected chi connectivity index (χ3v) is 11.2. The second-order valence-electron chi connectivity index (χ2n) is 16.7. The molecular weight excluding hydrogens is 739 g/mol. The quantitative estimate of drug-likeness (QED) is 0.143. The maximum atomic E-state index is 14.0. The number of benzene rings is 3. The lowest BCUT2D eigenvalue weighted by molar-refractivity contribution is -0.153. The lowest BCUT2D eigenvalue weighted by atomic mass is 9.98. The zero-order valence-electron chi connectivity index (χ0n) is 33.8. The Morgan fingerprint density at radius 2 is 1.41 bits per heavy atom. The summed E-state index contributed by atoms with van der Waals surface area (Å²) in [6, 6.07) is 19.7. The summed E-state index contributed by atoms with van der Waals surface area (Å²) in [6.07, 6.45) is 4.80. The number of H-pyrrole nitrogens is 2. The molecule has 3 aliphatic heterocycles. The van der Waals surface area contributed by atoms with E-state index >= 15 is 0 Å². The van der Waals surface area contributed by atoms with Gasteiger partial charge in [-0.25, -0.2) is 19.6 Å². The first-order chi connectivity index (χ1) is 27.8. The number of carbonyl (C=O) groups excluding carboxylic acids is 3. The lowest BCUT2D eigenvalue weighted by Crippen LogP contribution is -2.52. The Balaban J connectivity index is 0.969. The van der Waals surface area contributed by atoms with Gasteiger partial charge in [0.2, 0.25) is 5.91 Å². The molecule has 3 fully saturated rings. The third kappa shape index (κ3) is 7.90. The summed E-state index contributed by atoms with van der Waals surface area (Å²) in [5.74, 6) is 0.0290. The van der Waals surface area contributed by atoms with Crippen LogP contribution in [0, 0.1) is 5.92 Å². The molecule has 3 amide bonds. The van der Waals surface area contributed by atoms with E-state index in [0.29, 0.717) is 32.0 Å². The molecule has 0 saturated carbocycles. The van der Waals surface area contributed by atoms with Gasteiger partial charge in [-0.3, -0.25) is 9.69 Å². The van der Waals surface area contributed by atoms with E-state index in [-0.39, 0.29) is 30.5 Å². The van der Waals surface area contributed by atoms with Crippen LogP contribution in [0.2, 0.25) is 0 Å². The molecule has 8 rings (SSSR count). The van der Waals surface area contributed by atoms with Gasteiger partial charge in [0.1, 0.15) is 23.3 Å². The molecule has 0 aliphatic carbocycles. The highest BCUT2D eigenvalue weighted by Gasteiger charge is 2.52. The average molecular weight is 790 g/mol. The van der Waals surface area contributed by atoms with Crippen molar-refractivity contribution in [2.45, 2.75) is 83.4 Å². The number of imidazole rings is 2. The van der Waals surface area contributed by atoms with Crippen molar-refractivity contribution < 1.29 is 33.3 Å². The molecule has 5 aromatic rings. The largest absolute Gasteiger partial charge is 0.453 e. The number of methoxy groups -OCH3 is 1. The van der Waals surface area contributed by atoms with E-state index in [9.17, 15) is 14.4 Å². The summed E-state index contributed by atoms with van der Waals surface area (Å²) in [6.45, 7) is 11.2. The molecule has 14 nitrogen and oxygen atoms in total. The number of amides is 3. The van der Waals surface area contributed by atoms with E-state index in [1.165, 1.54) is 7.11 Å². The van der Waals surface area contributed by atoms with Crippen LogP contribution in [0.25, 0.3) is 44.4 Å². The maximum absolute atomic E-state index is 14.0. The van der Waals surface area contributed by atoms with Crippen molar-refractivity contribution >= 4 is 28.9 Å². The van der Waals surface area contributed by atoms with Gasteiger partial charge in [-0.2, -0.15) is 0 Å². The van der Waals surface area contributed by atoms with Crippen molar-refractivity contribution in [2.75, 3.05) is 33.4 Å². The maximum Gasteiger partial charge on any atom is 0.410 e. The molecular formula is C44H51N7O7. The number of hydrogen-bond donors (Lipinski definition) is 3. The third-order valence-electron chi connectivity index (χ3n) is 11.2. The van der Waals surface area contributed by atoms with E-state index in [0.717, 1.165) is 63.1 Å².